The molecule has 0 spiro atoms. The number of carbonyl (C=O) groups excluding carboxylic acids is 2. The van der Waals surface area contributed by atoms with E-state index in [4.69, 9.17) is 28.4 Å². The second-order valence-electron chi connectivity index (χ2n) is 31.1. The summed E-state index contributed by atoms with van der Waals surface area (Å²) in [6, 6.07) is 13.2. The van der Waals surface area contributed by atoms with Crippen LogP contribution in [0.4, 0.5) is 4.79 Å². The number of esters is 1. The van der Waals surface area contributed by atoms with Crippen molar-refractivity contribution >= 4 is 21.9 Å². The van der Waals surface area contributed by atoms with Gasteiger partial charge in [0, 0.05) is 45.7 Å². The number of methoxy groups -OCH3 is 1. The number of piperidine rings is 1. The van der Waals surface area contributed by atoms with Gasteiger partial charge in [0.2, 0.25) is 0 Å². The number of hydrogen-bond acceptors (Lipinski definition) is 11. The molecule has 3 fully saturated rings. The van der Waals surface area contributed by atoms with E-state index in [1.54, 1.807) is 33.1 Å². The van der Waals surface area contributed by atoms with Gasteiger partial charge in [0.1, 0.15) is 17.0 Å². The average molecular weight is 1180 g/mol. The lowest BCUT2D eigenvalue weighted by molar-refractivity contribution is -0.164. The maximum Gasteiger partial charge on any atom is 0.410 e. The fraction of sp³-hybridized carbons (Fsp3) is 0.812. The van der Waals surface area contributed by atoms with Crippen LogP contribution < -0.4 is 4.74 Å². The zero-order valence-corrected chi connectivity index (χ0v) is 59.1. The van der Waals surface area contributed by atoms with Crippen molar-refractivity contribution in [3.63, 3.8) is 0 Å². The van der Waals surface area contributed by atoms with Crippen LogP contribution in [0.3, 0.4) is 0 Å². The molecule has 0 N–H and O–H groups in total. The van der Waals surface area contributed by atoms with Gasteiger partial charge < -0.3 is 33.3 Å². The molecule has 480 valence electrons. The third-order valence-corrected chi connectivity index (χ3v) is 16.1. The topological polar surface area (TPSA) is 140 Å². The van der Waals surface area contributed by atoms with Gasteiger partial charge in [0.15, 0.2) is 14.9 Å². The number of nitrogens with zero attached hydrogens (tertiary/aromatic N) is 2. The lowest BCUT2D eigenvalue weighted by Gasteiger charge is -2.39. The third-order valence-electron chi connectivity index (χ3n) is 14.1. The molecule has 3 aliphatic rings. The van der Waals surface area contributed by atoms with Gasteiger partial charge in [0.05, 0.1) is 30.0 Å². The van der Waals surface area contributed by atoms with Crippen molar-refractivity contribution in [3.8, 4) is 5.75 Å². The Morgan fingerprint density at radius 1 is 0.634 bits per heavy atom. The lowest BCUT2D eigenvalue weighted by atomic mass is 9.75. The van der Waals surface area contributed by atoms with Crippen LogP contribution in [0.5, 0.6) is 5.75 Å². The van der Waals surface area contributed by atoms with E-state index in [1.807, 2.05) is 86.3 Å². The molecular weight excluding hydrogens is 1050 g/mol. The first-order valence-corrected chi connectivity index (χ1v) is 32.3. The van der Waals surface area contributed by atoms with Crippen molar-refractivity contribution in [2.24, 2.45) is 44.3 Å². The summed E-state index contributed by atoms with van der Waals surface area (Å²) in [6.07, 6.45) is 11.8. The van der Waals surface area contributed by atoms with Crippen LogP contribution in [0.1, 0.15) is 244 Å². The van der Waals surface area contributed by atoms with Crippen molar-refractivity contribution < 1.29 is 46.4 Å². The Morgan fingerprint density at radius 3 is 1.41 bits per heavy atom. The molecular formula is C69H128N2O10S. The van der Waals surface area contributed by atoms with Crippen molar-refractivity contribution in [2.75, 3.05) is 46.6 Å². The molecule has 1 aromatic carbocycles. The van der Waals surface area contributed by atoms with E-state index in [2.05, 4.69) is 128 Å². The summed E-state index contributed by atoms with van der Waals surface area (Å²) in [5.74, 6) is 2.37. The number of amides is 1. The zero-order chi connectivity index (χ0) is 64.4. The van der Waals surface area contributed by atoms with E-state index in [9.17, 15) is 18.0 Å². The minimum absolute atomic E-state index is 0.148. The number of hydrogen-bond donors (Lipinski definition) is 0. The summed E-state index contributed by atoms with van der Waals surface area (Å²) in [5, 5.41) is -0.257. The van der Waals surface area contributed by atoms with Crippen LogP contribution in [0.15, 0.2) is 53.7 Å². The Hall–Kier alpha value is -3.26. The van der Waals surface area contributed by atoms with Gasteiger partial charge >= 0.3 is 12.1 Å². The van der Waals surface area contributed by atoms with Gasteiger partial charge in [0.25, 0.3) is 0 Å². The highest BCUT2D eigenvalue weighted by molar-refractivity contribution is 7.91. The quantitative estimate of drug-likeness (QED) is 0.255. The first kappa shape index (κ1) is 80.8. The number of sulfone groups is 1. The molecule has 1 amide bonds. The first-order valence-electron chi connectivity index (χ1n) is 30.8. The monoisotopic (exact) mass is 1180 g/mol. The van der Waals surface area contributed by atoms with Crippen molar-refractivity contribution in [2.45, 2.75) is 279 Å². The number of benzene rings is 1. The zero-order valence-electron chi connectivity index (χ0n) is 58.3. The Kier molecular flexibility index (Phi) is 35.5. The fourth-order valence-corrected chi connectivity index (χ4v) is 9.24. The normalized spacial score (nSPS) is 17.3. The fourth-order valence-electron chi connectivity index (χ4n) is 8.29. The van der Waals surface area contributed by atoms with Crippen molar-refractivity contribution in [1.29, 1.82) is 0 Å². The number of likely N-dealkylation sites (tertiary alicyclic amines) is 1. The number of rotatable bonds is 6. The number of ether oxygens (including phenoxy) is 6. The van der Waals surface area contributed by atoms with Gasteiger partial charge in [-0.3, -0.25) is 4.79 Å². The highest BCUT2D eigenvalue weighted by Gasteiger charge is 2.33. The van der Waals surface area contributed by atoms with Crippen molar-refractivity contribution in [1.82, 2.24) is 9.88 Å². The molecule has 4 heterocycles. The molecule has 2 unspecified atom stereocenters. The van der Waals surface area contributed by atoms with Crippen LogP contribution in [-0.2, 0) is 44.7 Å². The average Bonchev–Trinajstić information content (AvgIpc) is 3.35. The minimum Gasteiger partial charge on any atom is -0.497 e. The molecule has 0 saturated carbocycles. The van der Waals surface area contributed by atoms with Gasteiger partial charge in [-0.15, -0.1) is 0 Å². The smallest absolute Gasteiger partial charge is 0.410 e. The molecule has 12 nitrogen and oxygen atoms in total. The second kappa shape index (κ2) is 36.0. The van der Waals surface area contributed by atoms with Crippen LogP contribution in [0.25, 0.3) is 0 Å². The van der Waals surface area contributed by atoms with E-state index in [1.165, 1.54) is 49.9 Å². The molecule has 2 atom stereocenters. The number of pyridine rings is 1. The largest absolute Gasteiger partial charge is 0.497 e. The maximum atomic E-state index is 11.9. The Morgan fingerprint density at radius 2 is 1.12 bits per heavy atom. The van der Waals surface area contributed by atoms with E-state index < -0.39 is 26.1 Å². The van der Waals surface area contributed by atoms with E-state index in [0.717, 1.165) is 70.4 Å². The summed E-state index contributed by atoms with van der Waals surface area (Å²) >= 11 is 0. The molecule has 3 saturated heterocycles. The van der Waals surface area contributed by atoms with Gasteiger partial charge in [-0.1, -0.05) is 122 Å². The van der Waals surface area contributed by atoms with Crippen LogP contribution >= 0.6 is 0 Å². The second-order valence-corrected chi connectivity index (χ2v) is 33.6. The summed E-state index contributed by atoms with van der Waals surface area (Å²) in [6.45, 7) is 63.6. The standard InChI is InChI=1S/C14H27NO2.C12H18O.C9H18O2.2C9H18O.C8H11NO2S.C8H18O/c1-13(2,3)11-7-9-15(10-8-11)12(16)17-14(4,5)6;1-12(2,3)9-10-5-7-11(13-4)8-6-10;1-8(2,3)7(10)11-9(4,5)6;1-9(2,3)8-4-6-10-7-5-8;1-9(2,3)8-6-4-5-7-10-8;1-7(2)12(10,11)8-5-3-4-6-9-8;1-6-9-7(2)8(3,4)5/h11H,7-10H2,1-6H3;5-8H,9H2,1-4H3;1-6H3;2*8H,4-7H2,1-3H3;3-7H,1-2H3;7H,6H2,1-5H3. The summed E-state index contributed by atoms with van der Waals surface area (Å²) < 4.78 is 54.9. The molecule has 5 rings (SSSR count). The molecule has 0 radical (unpaired) electrons. The molecule has 82 heavy (non-hydrogen) atoms. The molecule has 3 aliphatic heterocycles. The Labute approximate surface area is 505 Å². The third kappa shape index (κ3) is 38.6. The van der Waals surface area contributed by atoms with Crippen LogP contribution in [-0.4, -0.2) is 106 Å². The van der Waals surface area contributed by atoms with E-state index in [0.29, 0.717) is 39.8 Å². The van der Waals surface area contributed by atoms with Crippen LogP contribution in [0.2, 0.25) is 0 Å². The molecule has 13 heteroatoms. The predicted molar refractivity (Wildman–Crippen MR) is 345 cm³/mol. The SMILES string of the molecule is CC(C)(C)C1CCCCO1.CC(C)(C)C1CCOCC1.CC(C)(C)OC(=O)C(C)(C)C.CC(C)(C)OC(=O)N1CCC(C(C)(C)C)CC1.CC(C)S(=O)(=O)c1ccccn1.CCOC(C)C(C)(C)C.COc1ccc(CC(C)(C)C)cc1. The van der Waals surface area contributed by atoms with Gasteiger partial charge in [-0.25, -0.2) is 18.2 Å². The number of aromatic nitrogens is 1. The molecule has 1 aromatic heterocycles. The summed E-state index contributed by atoms with van der Waals surface area (Å²) in [7, 11) is -1.49. The molecule has 0 aliphatic carbocycles. The van der Waals surface area contributed by atoms with E-state index >= 15 is 0 Å². The van der Waals surface area contributed by atoms with Crippen molar-refractivity contribution in [3.05, 3.63) is 54.2 Å². The lowest BCUT2D eigenvalue weighted by Crippen LogP contribution is -2.43. The first-order chi connectivity index (χ1) is 37.0. The summed E-state index contributed by atoms with van der Waals surface area (Å²) in [5.41, 5.74) is 2.04. The molecule has 0 bridgehead atoms. The van der Waals surface area contributed by atoms with Crippen LogP contribution in [0, 0.1) is 44.3 Å². The highest BCUT2D eigenvalue weighted by atomic mass is 32.2. The Balaban J connectivity index is 0. The maximum absolute atomic E-state index is 11.9. The summed E-state index contributed by atoms with van der Waals surface area (Å²) in [4.78, 5) is 28.8. The number of carbonyl (C=O) groups is 2. The molecule has 2 aromatic rings. The van der Waals surface area contributed by atoms with E-state index in [-0.39, 0.29) is 28.1 Å². The van der Waals surface area contributed by atoms with Gasteiger partial charge in [-0.2, -0.15) is 0 Å². The predicted octanol–water partition coefficient (Wildman–Crippen LogP) is 18.1. The highest BCUT2D eigenvalue weighted by Crippen LogP contribution is 2.35. The minimum atomic E-state index is -3.19. The Bertz CT molecular complexity index is 2070. The van der Waals surface area contributed by atoms with Gasteiger partial charge in [-0.05, 0) is 210 Å².